The Morgan fingerprint density at radius 2 is 2.20 bits per heavy atom. The van der Waals surface area contributed by atoms with Crippen LogP contribution in [0, 0.1) is 19.1 Å². The molecule has 0 fully saturated rings. The molecule has 4 heteroatoms. The third-order valence-corrected chi connectivity index (χ3v) is 1.42. The van der Waals surface area contributed by atoms with Crippen LogP contribution in [-0.2, 0) is 0 Å². The molecule has 0 radical (unpaired) electrons. The van der Waals surface area contributed by atoms with Crippen molar-refractivity contribution in [1.29, 1.82) is 0 Å². The largest absolute Gasteiger partial charge is 0.618 e. The Labute approximate surface area is 57.7 Å². The van der Waals surface area contributed by atoms with Gasteiger partial charge in [-0.1, -0.05) is 0 Å². The molecular formula is C6H8N2O2. The molecule has 0 aliphatic heterocycles. The molecule has 0 aliphatic rings. The number of rotatable bonds is 0. The third-order valence-electron chi connectivity index (χ3n) is 1.42. The van der Waals surface area contributed by atoms with Crippen LogP contribution in [0.25, 0.3) is 0 Å². The molecule has 0 aliphatic carbocycles. The number of hydrogen-bond acceptors (Lipinski definition) is 2. The van der Waals surface area contributed by atoms with Crippen LogP contribution in [-0.4, -0.2) is 4.98 Å². The zero-order chi connectivity index (χ0) is 7.72. The summed E-state index contributed by atoms with van der Waals surface area (Å²) < 4.78 is 0.564. The lowest BCUT2D eigenvalue weighted by atomic mass is 10.4. The molecule has 0 unspecified atom stereocenters. The van der Waals surface area contributed by atoms with E-state index in [1.54, 1.807) is 13.8 Å². The smallest absolute Gasteiger partial charge is 0.313 e. The summed E-state index contributed by atoms with van der Waals surface area (Å²) in [7, 11) is 0. The normalized spacial score (nSPS) is 9.80. The van der Waals surface area contributed by atoms with E-state index in [1.165, 1.54) is 0 Å². The lowest BCUT2D eigenvalue weighted by molar-refractivity contribution is -0.614. The van der Waals surface area contributed by atoms with Gasteiger partial charge in [-0.2, -0.15) is 4.73 Å². The molecular weight excluding hydrogens is 132 g/mol. The number of nitrogens with zero attached hydrogens (tertiary/aromatic N) is 1. The second-order valence-corrected chi connectivity index (χ2v) is 2.15. The molecule has 1 N–H and O–H groups in total. The maximum absolute atomic E-state index is 10.8. The van der Waals surface area contributed by atoms with Gasteiger partial charge in [0.05, 0.1) is 5.69 Å². The van der Waals surface area contributed by atoms with Crippen LogP contribution in [0.5, 0.6) is 0 Å². The summed E-state index contributed by atoms with van der Waals surface area (Å²) in [5.41, 5.74) is 0.778. The number of aromatic amines is 1. The first-order valence-corrected chi connectivity index (χ1v) is 2.91. The van der Waals surface area contributed by atoms with Gasteiger partial charge < -0.3 is 10.2 Å². The molecule has 4 nitrogen and oxygen atoms in total. The number of hydrogen-bond donors (Lipinski definition) is 1. The highest BCUT2D eigenvalue weighted by atomic mass is 16.5. The second-order valence-electron chi connectivity index (χ2n) is 2.15. The van der Waals surface area contributed by atoms with Gasteiger partial charge in [0.1, 0.15) is 0 Å². The quantitative estimate of drug-likeness (QED) is 0.394. The zero-order valence-electron chi connectivity index (χ0n) is 5.84. The van der Waals surface area contributed by atoms with E-state index in [1.807, 2.05) is 0 Å². The van der Waals surface area contributed by atoms with Crippen LogP contribution in [0.15, 0.2) is 11.0 Å². The molecule has 1 aromatic heterocycles. The van der Waals surface area contributed by atoms with E-state index in [9.17, 15) is 10.0 Å². The van der Waals surface area contributed by atoms with Crippen molar-refractivity contribution < 1.29 is 4.73 Å². The van der Waals surface area contributed by atoms with Gasteiger partial charge in [-0.3, -0.25) is 4.79 Å². The summed E-state index contributed by atoms with van der Waals surface area (Å²) in [5, 5.41) is 10.8. The molecule has 1 rings (SSSR count). The van der Waals surface area contributed by atoms with Gasteiger partial charge >= 0.3 is 5.56 Å². The molecule has 0 amide bonds. The average molecular weight is 140 g/mol. The van der Waals surface area contributed by atoms with Gasteiger partial charge in [0.25, 0.3) is 0 Å². The summed E-state index contributed by atoms with van der Waals surface area (Å²) in [5.74, 6) is 0. The topological polar surface area (TPSA) is 59.8 Å². The molecule has 1 aromatic rings. The first-order valence-electron chi connectivity index (χ1n) is 2.91. The van der Waals surface area contributed by atoms with Crippen LogP contribution >= 0.6 is 0 Å². The van der Waals surface area contributed by atoms with Gasteiger partial charge in [-0.25, -0.2) is 0 Å². The van der Waals surface area contributed by atoms with E-state index in [4.69, 9.17) is 0 Å². The van der Waals surface area contributed by atoms with Crippen LogP contribution < -0.4 is 10.3 Å². The second kappa shape index (κ2) is 2.13. The Morgan fingerprint density at radius 1 is 1.60 bits per heavy atom. The van der Waals surface area contributed by atoms with Gasteiger partial charge in [0.15, 0.2) is 0 Å². The molecule has 10 heavy (non-hydrogen) atoms. The van der Waals surface area contributed by atoms with Crippen LogP contribution in [0.3, 0.4) is 0 Å². The number of nitrogens with one attached hydrogen (secondary N) is 1. The molecule has 0 saturated heterocycles. The molecule has 0 atom stereocenters. The minimum Gasteiger partial charge on any atom is -0.618 e. The maximum atomic E-state index is 10.8. The Morgan fingerprint density at radius 3 is 2.70 bits per heavy atom. The number of aromatic nitrogens is 2. The average Bonchev–Trinajstić information content (AvgIpc) is 1.82. The fourth-order valence-electron chi connectivity index (χ4n) is 0.676. The molecule has 0 aromatic carbocycles. The number of aryl methyl sites for hydroxylation is 1. The number of H-pyrrole nitrogens is 1. The van der Waals surface area contributed by atoms with Crippen molar-refractivity contribution in [2.75, 3.05) is 0 Å². The maximum Gasteiger partial charge on any atom is 0.313 e. The Balaban J connectivity index is 3.46. The highest BCUT2D eigenvalue weighted by Gasteiger charge is 2.02. The fraction of sp³-hybridized carbons (Fsp3) is 0.333. The summed E-state index contributed by atoms with van der Waals surface area (Å²) in [6.45, 7) is 3.34. The minimum atomic E-state index is -0.363. The molecule has 1 heterocycles. The van der Waals surface area contributed by atoms with Crippen molar-refractivity contribution in [1.82, 2.24) is 4.98 Å². The highest BCUT2D eigenvalue weighted by molar-refractivity contribution is 4.99. The monoisotopic (exact) mass is 140 g/mol. The highest BCUT2D eigenvalue weighted by Crippen LogP contribution is 1.89. The van der Waals surface area contributed by atoms with E-state index in [2.05, 4.69) is 4.98 Å². The van der Waals surface area contributed by atoms with Gasteiger partial charge in [0, 0.05) is 6.92 Å². The molecule has 0 bridgehead atoms. The molecule has 0 spiro atoms. The lowest BCUT2D eigenvalue weighted by Crippen LogP contribution is -2.36. The Hall–Kier alpha value is -1.32. The zero-order valence-corrected chi connectivity index (χ0v) is 5.84. The van der Waals surface area contributed by atoms with Gasteiger partial charge in [-0.05, 0) is 6.92 Å². The van der Waals surface area contributed by atoms with E-state index in [-0.39, 0.29) is 5.56 Å². The summed E-state index contributed by atoms with van der Waals surface area (Å²) in [6.07, 6.45) is 0.975. The van der Waals surface area contributed by atoms with Gasteiger partial charge in [-0.15, -0.1) is 0 Å². The van der Waals surface area contributed by atoms with Crippen molar-refractivity contribution >= 4 is 0 Å². The van der Waals surface area contributed by atoms with Crippen molar-refractivity contribution in [3.63, 3.8) is 0 Å². The van der Waals surface area contributed by atoms with E-state index in [0.29, 0.717) is 16.1 Å². The fourth-order valence-corrected chi connectivity index (χ4v) is 0.676. The molecule has 54 valence electrons. The first kappa shape index (κ1) is 6.80. The van der Waals surface area contributed by atoms with E-state index >= 15 is 0 Å². The standard InChI is InChI=1S/C6H8N2O2/c1-4-5(2)8(10)3-6(9)7-4/h3H,1-2H3,(H,7,9). The minimum absolute atomic E-state index is 0.363. The summed E-state index contributed by atoms with van der Waals surface area (Å²) in [4.78, 5) is 13.1. The first-order chi connectivity index (χ1) is 4.61. The van der Waals surface area contributed by atoms with Crippen molar-refractivity contribution in [2.24, 2.45) is 0 Å². The Bertz CT molecular complexity index is 277. The van der Waals surface area contributed by atoms with E-state index < -0.39 is 0 Å². The van der Waals surface area contributed by atoms with Gasteiger partial charge in [0.2, 0.25) is 11.9 Å². The SMILES string of the molecule is Cc1[nH]c(=O)c[n+]([O-])c1C. The lowest BCUT2D eigenvalue weighted by Gasteiger charge is -1.99. The Kier molecular flexibility index (Phi) is 1.45. The molecule has 0 saturated carbocycles. The summed E-state index contributed by atoms with van der Waals surface area (Å²) in [6, 6.07) is 0. The van der Waals surface area contributed by atoms with Crippen LogP contribution in [0.4, 0.5) is 0 Å². The van der Waals surface area contributed by atoms with Crippen LogP contribution in [0.2, 0.25) is 0 Å². The van der Waals surface area contributed by atoms with Crippen LogP contribution in [0.1, 0.15) is 11.4 Å². The van der Waals surface area contributed by atoms with Crippen molar-refractivity contribution in [3.05, 3.63) is 33.1 Å². The van der Waals surface area contributed by atoms with Crippen molar-refractivity contribution in [3.8, 4) is 0 Å². The van der Waals surface area contributed by atoms with Crippen molar-refractivity contribution in [2.45, 2.75) is 13.8 Å². The predicted octanol–water partition coefficient (Wildman–Crippen LogP) is -0.375. The summed E-state index contributed by atoms with van der Waals surface area (Å²) >= 11 is 0. The predicted molar refractivity (Wildman–Crippen MR) is 35.5 cm³/mol. The third kappa shape index (κ3) is 1.00. The van der Waals surface area contributed by atoms with E-state index in [0.717, 1.165) is 6.20 Å².